The molecule has 20 heavy (non-hydrogen) atoms. The lowest BCUT2D eigenvalue weighted by atomic mass is 10.1. The minimum absolute atomic E-state index is 0.00164. The topological polar surface area (TPSA) is 78.4 Å². The molecule has 1 unspecified atom stereocenters. The van der Waals surface area contributed by atoms with Crippen molar-refractivity contribution in [1.82, 2.24) is 5.32 Å². The molecule has 1 heterocycles. The summed E-state index contributed by atoms with van der Waals surface area (Å²) in [6, 6.07) is 7.35. The Labute approximate surface area is 117 Å². The number of benzene rings is 1. The maximum atomic E-state index is 11.8. The van der Waals surface area contributed by atoms with Gasteiger partial charge in [0, 0.05) is 24.2 Å². The Morgan fingerprint density at radius 1 is 1.35 bits per heavy atom. The first kappa shape index (κ1) is 14.3. The third kappa shape index (κ3) is 4.51. The van der Waals surface area contributed by atoms with Crippen molar-refractivity contribution >= 4 is 23.6 Å². The number of carboxylic acids is 1. The molecular formula is C15H18N2O3. The lowest BCUT2D eigenvalue weighted by Gasteiger charge is -2.10. The SMILES string of the molecule is O=C(O)/C=C/c1ccc(NC(=O)CC2CCCN2)cc1. The van der Waals surface area contributed by atoms with Gasteiger partial charge in [0.1, 0.15) is 0 Å². The Morgan fingerprint density at radius 2 is 2.10 bits per heavy atom. The van der Waals surface area contributed by atoms with Crippen LogP contribution in [-0.2, 0) is 9.59 Å². The summed E-state index contributed by atoms with van der Waals surface area (Å²) in [5, 5.41) is 14.7. The highest BCUT2D eigenvalue weighted by atomic mass is 16.4. The van der Waals surface area contributed by atoms with Crippen molar-refractivity contribution < 1.29 is 14.7 Å². The minimum atomic E-state index is -0.980. The van der Waals surface area contributed by atoms with Gasteiger partial charge in [-0.05, 0) is 43.2 Å². The van der Waals surface area contributed by atoms with Crippen LogP contribution in [0.2, 0.25) is 0 Å². The van der Waals surface area contributed by atoms with Crippen LogP contribution in [0.3, 0.4) is 0 Å². The number of nitrogens with one attached hydrogen (secondary N) is 2. The first-order valence-corrected chi connectivity index (χ1v) is 6.68. The fraction of sp³-hybridized carbons (Fsp3) is 0.333. The average Bonchev–Trinajstić information content (AvgIpc) is 2.90. The van der Waals surface area contributed by atoms with Gasteiger partial charge in [0.05, 0.1) is 0 Å². The molecule has 1 saturated heterocycles. The monoisotopic (exact) mass is 274 g/mol. The van der Waals surface area contributed by atoms with Crippen LogP contribution in [0.1, 0.15) is 24.8 Å². The van der Waals surface area contributed by atoms with Crippen molar-refractivity contribution in [2.75, 3.05) is 11.9 Å². The van der Waals surface area contributed by atoms with Crippen LogP contribution in [0.4, 0.5) is 5.69 Å². The molecule has 1 aliphatic rings. The molecule has 3 N–H and O–H groups in total. The molecular weight excluding hydrogens is 256 g/mol. The Morgan fingerprint density at radius 3 is 2.70 bits per heavy atom. The van der Waals surface area contributed by atoms with Crippen molar-refractivity contribution in [3.8, 4) is 0 Å². The second kappa shape index (κ2) is 6.86. The summed E-state index contributed by atoms with van der Waals surface area (Å²) in [6.45, 7) is 0.989. The van der Waals surface area contributed by atoms with E-state index in [4.69, 9.17) is 5.11 Å². The van der Waals surface area contributed by atoms with Crippen LogP contribution in [0.5, 0.6) is 0 Å². The standard InChI is InChI=1S/C15H18N2O3/c18-14(10-13-2-1-9-16-13)17-12-6-3-11(4-7-12)5-8-15(19)20/h3-8,13,16H,1-2,9-10H2,(H,17,18)(H,19,20)/b8-5+. The van der Waals surface area contributed by atoms with Crippen LogP contribution in [0, 0.1) is 0 Å². The molecule has 0 bridgehead atoms. The number of amides is 1. The number of hydrogen-bond acceptors (Lipinski definition) is 3. The van der Waals surface area contributed by atoms with Gasteiger partial charge >= 0.3 is 5.97 Å². The van der Waals surface area contributed by atoms with E-state index in [2.05, 4.69) is 10.6 Å². The number of hydrogen-bond donors (Lipinski definition) is 3. The summed E-state index contributed by atoms with van der Waals surface area (Å²) < 4.78 is 0. The van der Waals surface area contributed by atoms with Crippen molar-refractivity contribution in [1.29, 1.82) is 0 Å². The molecule has 5 heteroatoms. The van der Waals surface area contributed by atoms with Gasteiger partial charge < -0.3 is 15.7 Å². The van der Waals surface area contributed by atoms with Gasteiger partial charge in [-0.25, -0.2) is 4.79 Å². The summed E-state index contributed by atoms with van der Waals surface area (Å²) in [5.41, 5.74) is 1.50. The van der Waals surface area contributed by atoms with Crippen molar-refractivity contribution in [3.05, 3.63) is 35.9 Å². The van der Waals surface area contributed by atoms with E-state index >= 15 is 0 Å². The maximum Gasteiger partial charge on any atom is 0.328 e. The van der Waals surface area contributed by atoms with E-state index < -0.39 is 5.97 Å². The highest BCUT2D eigenvalue weighted by molar-refractivity contribution is 5.91. The first-order chi connectivity index (χ1) is 9.63. The van der Waals surface area contributed by atoms with E-state index in [0.717, 1.165) is 36.7 Å². The molecule has 0 spiro atoms. The molecule has 1 amide bonds. The van der Waals surface area contributed by atoms with Crippen molar-refractivity contribution in [2.45, 2.75) is 25.3 Å². The Hall–Kier alpha value is -2.14. The van der Waals surface area contributed by atoms with Gasteiger partial charge in [0.2, 0.25) is 5.91 Å². The molecule has 1 atom stereocenters. The summed E-state index contributed by atoms with van der Waals surface area (Å²) in [4.78, 5) is 22.2. The zero-order chi connectivity index (χ0) is 14.4. The number of aliphatic carboxylic acids is 1. The average molecular weight is 274 g/mol. The molecule has 1 aromatic carbocycles. The smallest absolute Gasteiger partial charge is 0.328 e. The van der Waals surface area contributed by atoms with Gasteiger partial charge in [0.25, 0.3) is 0 Å². The van der Waals surface area contributed by atoms with E-state index in [1.165, 1.54) is 6.08 Å². The van der Waals surface area contributed by atoms with E-state index in [1.54, 1.807) is 24.3 Å². The largest absolute Gasteiger partial charge is 0.478 e. The molecule has 106 valence electrons. The third-order valence-electron chi connectivity index (χ3n) is 3.21. The maximum absolute atomic E-state index is 11.8. The molecule has 0 aromatic heterocycles. The predicted octanol–water partition coefficient (Wildman–Crippen LogP) is 1.86. The van der Waals surface area contributed by atoms with E-state index in [0.29, 0.717) is 6.42 Å². The molecule has 0 radical (unpaired) electrons. The van der Waals surface area contributed by atoms with Gasteiger partial charge in [-0.1, -0.05) is 12.1 Å². The van der Waals surface area contributed by atoms with Gasteiger partial charge in [-0.15, -0.1) is 0 Å². The van der Waals surface area contributed by atoms with Crippen LogP contribution in [-0.4, -0.2) is 29.6 Å². The molecule has 1 aliphatic heterocycles. The van der Waals surface area contributed by atoms with E-state index in [1.807, 2.05) is 0 Å². The third-order valence-corrected chi connectivity index (χ3v) is 3.21. The number of carboxylic acid groups (broad SMARTS) is 1. The normalized spacial score (nSPS) is 18.3. The Kier molecular flexibility index (Phi) is 4.90. The quantitative estimate of drug-likeness (QED) is 0.716. The molecule has 1 fully saturated rings. The second-order valence-electron chi connectivity index (χ2n) is 4.84. The lowest BCUT2D eigenvalue weighted by Crippen LogP contribution is -2.27. The molecule has 5 nitrogen and oxygen atoms in total. The zero-order valence-electron chi connectivity index (χ0n) is 11.1. The highest BCUT2D eigenvalue weighted by Gasteiger charge is 2.17. The van der Waals surface area contributed by atoms with Crippen LogP contribution in [0.25, 0.3) is 6.08 Å². The van der Waals surface area contributed by atoms with Crippen LogP contribution < -0.4 is 10.6 Å². The van der Waals surface area contributed by atoms with Gasteiger partial charge in [0.15, 0.2) is 0 Å². The lowest BCUT2D eigenvalue weighted by molar-refractivity contribution is -0.131. The Bertz CT molecular complexity index is 502. The van der Waals surface area contributed by atoms with E-state index in [9.17, 15) is 9.59 Å². The Balaban J connectivity index is 1.86. The van der Waals surface area contributed by atoms with Gasteiger partial charge in [-0.2, -0.15) is 0 Å². The molecule has 0 aliphatic carbocycles. The number of anilines is 1. The summed E-state index contributed by atoms with van der Waals surface area (Å²) in [7, 11) is 0. The predicted molar refractivity (Wildman–Crippen MR) is 77.4 cm³/mol. The zero-order valence-corrected chi connectivity index (χ0v) is 11.1. The molecule has 2 rings (SSSR count). The minimum Gasteiger partial charge on any atom is -0.478 e. The van der Waals surface area contributed by atoms with Crippen LogP contribution in [0.15, 0.2) is 30.3 Å². The van der Waals surface area contributed by atoms with E-state index in [-0.39, 0.29) is 11.9 Å². The molecule has 1 aromatic rings. The molecule has 0 saturated carbocycles. The van der Waals surface area contributed by atoms with Crippen molar-refractivity contribution in [3.63, 3.8) is 0 Å². The second-order valence-corrected chi connectivity index (χ2v) is 4.84. The fourth-order valence-electron chi connectivity index (χ4n) is 2.21. The summed E-state index contributed by atoms with van der Waals surface area (Å²) in [5.74, 6) is -0.982. The van der Waals surface area contributed by atoms with Crippen molar-refractivity contribution in [2.24, 2.45) is 0 Å². The van der Waals surface area contributed by atoms with Crippen LogP contribution >= 0.6 is 0 Å². The number of carbonyl (C=O) groups excluding carboxylic acids is 1. The fourth-order valence-corrected chi connectivity index (χ4v) is 2.21. The van der Waals surface area contributed by atoms with Gasteiger partial charge in [-0.3, -0.25) is 4.79 Å². The number of carbonyl (C=O) groups is 2. The highest BCUT2D eigenvalue weighted by Crippen LogP contribution is 2.13. The summed E-state index contributed by atoms with van der Waals surface area (Å²) >= 11 is 0. The summed E-state index contributed by atoms with van der Waals surface area (Å²) in [6.07, 6.45) is 5.26. The first-order valence-electron chi connectivity index (χ1n) is 6.68. The number of rotatable bonds is 5.